The highest BCUT2D eigenvalue weighted by Crippen LogP contribution is 2.11. The molecule has 1 unspecified atom stereocenters. The summed E-state index contributed by atoms with van der Waals surface area (Å²) >= 11 is 0. The third kappa shape index (κ3) is 3.28. The van der Waals surface area contributed by atoms with E-state index in [-0.39, 0.29) is 11.9 Å². The topological polar surface area (TPSA) is 30.3 Å². The molecule has 1 atom stereocenters. The quantitative estimate of drug-likeness (QED) is 0.816. The van der Waals surface area contributed by atoms with Gasteiger partial charge in [0.25, 0.3) is 0 Å². The molecule has 1 aromatic rings. The van der Waals surface area contributed by atoms with Crippen LogP contribution in [-0.2, 0) is 6.54 Å². The van der Waals surface area contributed by atoms with Gasteiger partial charge in [-0.3, -0.25) is 9.80 Å². The number of piperazine rings is 1. The number of nitriles is 1. The number of rotatable bonds is 3. The van der Waals surface area contributed by atoms with Crippen LogP contribution in [0.2, 0.25) is 0 Å². The SMILES string of the molecule is CC(C#N)N1CCN(Cc2ccc(F)cc2)CC1. The first-order valence-corrected chi connectivity index (χ1v) is 6.29. The fraction of sp³-hybridized carbons (Fsp3) is 0.500. The minimum atomic E-state index is -0.189. The summed E-state index contributed by atoms with van der Waals surface area (Å²) in [5.41, 5.74) is 1.14. The van der Waals surface area contributed by atoms with Crippen LogP contribution in [0, 0.1) is 17.1 Å². The first kappa shape index (κ1) is 13.0. The Morgan fingerprint density at radius 2 is 1.83 bits per heavy atom. The van der Waals surface area contributed by atoms with E-state index in [4.69, 9.17) is 5.26 Å². The summed E-state index contributed by atoms with van der Waals surface area (Å²) in [6, 6.07) is 8.94. The number of benzene rings is 1. The average Bonchev–Trinajstić information content (AvgIpc) is 2.41. The highest BCUT2D eigenvalue weighted by molar-refractivity contribution is 5.16. The van der Waals surface area contributed by atoms with Crippen LogP contribution < -0.4 is 0 Å². The Bertz CT molecular complexity index is 416. The molecule has 3 nitrogen and oxygen atoms in total. The van der Waals surface area contributed by atoms with Crippen molar-refractivity contribution in [1.29, 1.82) is 5.26 Å². The van der Waals surface area contributed by atoms with Crippen LogP contribution in [0.3, 0.4) is 0 Å². The molecule has 96 valence electrons. The molecule has 1 aliphatic heterocycles. The Morgan fingerprint density at radius 1 is 1.22 bits per heavy atom. The zero-order valence-electron chi connectivity index (χ0n) is 10.6. The predicted molar refractivity (Wildman–Crippen MR) is 68.3 cm³/mol. The van der Waals surface area contributed by atoms with Gasteiger partial charge in [0.15, 0.2) is 0 Å². The minimum absolute atomic E-state index is 0.00188. The highest BCUT2D eigenvalue weighted by Gasteiger charge is 2.20. The van der Waals surface area contributed by atoms with Crippen LogP contribution >= 0.6 is 0 Å². The summed E-state index contributed by atoms with van der Waals surface area (Å²) in [6.45, 7) is 6.57. The lowest BCUT2D eigenvalue weighted by atomic mass is 10.2. The van der Waals surface area contributed by atoms with Gasteiger partial charge in [0, 0.05) is 32.7 Å². The van der Waals surface area contributed by atoms with Crippen molar-refractivity contribution < 1.29 is 4.39 Å². The maximum absolute atomic E-state index is 12.8. The third-order valence-electron chi connectivity index (χ3n) is 3.46. The molecule has 1 aromatic carbocycles. The van der Waals surface area contributed by atoms with E-state index in [1.54, 1.807) is 0 Å². The van der Waals surface area contributed by atoms with Crippen LogP contribution in [0.15, 0.2) is 24.3 Å². The lowest BCUT2D eigenvalue weighted by molar-refractivity contribution is 0.114. The van der Waals surface area contributed by atoms with Crippen LogP contribution in [0.1, 0.15) is 12.5 Å². The van der Waals surface area contributed by atoms with E-state index in [1.807, 2.05) is 19.1 Å². The maximum atomic E-state index is 12.8. The van der Waals surface area contributed by atoms with E-state index >= 15 is 0 Å². The van der Waals surface area contributed by atoms with Crippen molar-refractivity contribution in [2.45, 2.75) is 19.5 Å². The molecule has 0 saturated carbocycles. The number of hydrogen-bond acceptors (Lipinski definition) is 3. The van der Waals surface area contributed by atoms with Crippen molar-refractivity contribution in [3.05, 3.63) is 35.6 Å². The second-order valence-electron chi connectivity index (χ2n) is 4.74. The van der Waals surface area contributed by atoms with Crippen molar-refractivity contribution >= 4 is 0 Å². The number of halogens is 1. The lowest BCUT2D eigenvalue weighted by Gasteiger charge is -2.35. The van der Waals surface area contributed by atoms with E-state index in [1.165, 1.54) is 12.1 Å². The molecule has 0 bridgehead atoms. The fourth-order valence-corrected chi connectivity index (χ4v) is 2.24. The molecule has 1 aliphatic rings. The van der Waals surface area contributed by atoms with Gasteiger partial charge in [0.1, 0.15) is 5.82 Å². The van der Waals surface area contributed by atoms with Crippen LogP contribution in [0.5, 0.6) is 0 Å². The van der Waals surface area contributed by atoms with Crippen molar-refractivity contribution in [3.8, 4) is 6.07 Å². The standard InChI is InChI=1S/C14H18FN3/c1-12(10-16)18-8-6-17(7-9-18)11-13-2-4-14(15)5-3-13/h2-5,12H,6-9,11H2,1H3. The van der Waals surface area contributed by atoms with Gasteiger partial charge in [-0.2, -0.15) is 5.26 Å². The molecule has 18 heavy (non-hydrogen) atoms. The summed E-state index contributed by atoms with van der Waals surface area (Å²) in [6.07, 6.45) is 0. The van der Waals surface area contributed by atoms with E-state index in [9.17, 15) is 4.39 Å². The van der Waals surface area contributed by atoms with Gasteiger partial charge in [0.05, 0.1) is 12.1 Å². The lowest BCUT2D eigenvalue weighted by Crippen LogP contribution is -2.48. The Kier molecular flexibility index (Phi) is 4.29. The summed E-state index contributed by atoms with van der Waals surface area (Å²) in [5.74, 6) is -0.189. The average molecular weight is 247 g/mol. The first-order valence-electron chi connectivity index (χ1n) is 6.29. The molecule has 0 N–H and O–H groups in total. The molecule has 2 rings (SSSR count). The molecular formula is C14H18FN3. The minimum Gasteiger partial charge on any atom is -0.297 e. The summed E-state index contributed by atoms with van der Waals surface area (Å²) in [5, 5.41) is 8.87. The molecule has 1 heterocycles. The largest absolute Gasteiger partial charge is 0.297 e. The normalized spacial score (nSPS) is 19.4. The zero-order chi connectivity index (χ0) is 13.0. The van der Waals surface area contributed by atoms with Crippen LogP contribution in [0.25, 0.3) is 0 Å². The molecule has 0 spiro atoms. The predicted octanol–water partition coefficient (Wildman–Crippen LogP) is 1.86. The van der Waals surface area contributed by atoms with Crippen molar-refractivity contribution in [3.63, 3.8) is 0 Å². The van der Waals surface area contributed by atoms with Gasteiger partial charge >= 0.3 is 0 Å². The molecule has 0 amide bonds. The summed E-state index contributed by atoms with van der Waals surface area (Å²) < 4.78 is 12.8. The first-order chi connectivity index (χ1) is 8.69. The number of nitrogens with zero attached hydrogens (tertiary/aromatic N) is 3. The van der Waals surface area contributed by atoms with E-state index in [2.05, 4.69) is 15.9 Å². The van der Waals surface area contributed by atoms with Crippen molar-refractivity contribution in [1.82, 2.24) is 9.80 Å². The highest BCUT2D eigenvalue weighted by atomic mass is 19.1. The zero-order valence-corrected chi connectivity index (χ0v) is 10.6. The molecule has 1 fully saturated rings. The van der Waals surface area contributed by atoms with Crippen molar-refractivity contribution in [2.75, 3.05) is 26.2 Å². The summed E-state index contributed by atoms with van der Waals surface area (Å²) in [4.78, 5) is 4.54. The van der Waals surface area contributed by atoms with E-state index in [0.717, 1.165) is 38.3 Å². The van der Waals surface area contributed by atoms with Gasteiger partial charge in [-0.05, 0) is 24.6 Å². The molecule has 1 saturated heterocycles. The molecule has 0 aromatic heterocycles. The smallest absolute Gasteiger partial charge is 0.123 e. The Hall–Kier alpha value is -1.44. The third-order valence-corrected chi connectivity index (χ3v) is 3.46. The van der Waals surface area contributed by atoms with Gasteiger partial charge < -0.3 is 0 Å². The second kappa shape index (κ2) is 5.94. The second-order valence-corrected chi connectivity index (χ2v) is 4.74. The fourth-order valence-electron chi connectivity index (χ4n) is 2.24. The van der Waals surface area contributed by atoms with E-state index < -0.39 is 0 Å². The Balaban J connectivity index is 1.84. The molecule has 0 aliphatic carbocycles. The van der Waals surface area contributed by atoms with Crippen LogP contribution in [-0.4, -0.2) is 42.0 Å². The Morgan fingerprint density at radius 3 is 2.39 bits per heavy atom. The molecular weight excluding hydrogens is 229 g/mol. The Labute approximate surface area is 107 Å². The summed E-state index contributed by atoms with van der Waals surface area (Å²) in [7, 11) is 0. The van der Waals surface area contributed by atoms with Gasteiger partial charge in [-0.15, -0.1) is 0 Å². The maximum Gasteiger partial charge on any atom is 0.123 e. The van der Waals surface area contributed by atoms with Crippen LogP contribution in [0.4, 0.5) is 4.39 Å². The van der Waals surface area contributed by atoms with E-state index in [0.29, 0.717) is 0 Å². The van der Waals surface area contributed by atoms with Gasteiger partial charge in [0.2, 0.25) is 0 Å². The van der Waals surface area contributed by atoms with Gasteiger partial charge in [-0.25, -0.2) is 4.39 Å². The number of hydrogen-bond donors (Lipinski definition) is 0. The molecule has 0 radical (unpaired) electrons. The van der Waals surface area contributed by atoms with Gasteiger partial charge in [-0.1, -0.05) is 12.1 Å². The molecule has 4 heteroatoms. The monoisotopic (exact) mass is 247 g/mol. The van der Waals surface area contributed by atoms with Crippen molar-refractivity contribution in [2.24, 2.45) is 0 Å².